The second-order valence-electron chi connectivity index (χ2n) is 5.61. The second-order valence-corrected chi connectivity index (χ2v) is 6.05. The van der Waals surface area contributed by atoms with Gasteiger partial charge in [0.15, 0.2) is 0 Å². The fourth-order valence-corrected chi connectivity index (χ4v) is 2.98. The van der Waals surface area contributed by atoms with Gasteiger partial charge in [0.1, 0.15) is 4.99 Å². The molecule has 1 aromatic heterocycles. The first-order valence-corrected chi connectivity index (χ1v) is 7.38. The van der Waals surface area contributed by atoms with Crippen LogP contribution in [0.25, 0.3) is 22.2 Å². The lowest BCUT2D eigenvalue weighted by molar-refractivity contribution is 1.35. The number of hydrogen-bond donors (Lipinski definition) is 2. The summed E-state index contributed by atoms with van der Waals surface area (Å²) < 4.78 is 0. The van der Waals surface area contributed by atoms with Crippen LogP contribution < -0.4 is 5.73 Å². The highest BCUT2D eigenvalue weighted by atomic mass is 32.1. The van der Waals surface area contributed by atoms with Gasteiger partial charge in [-0.3, -0.25) is 0 Å². The minimum absolute atomic E-state index is 0.433. The largest absolute Gasteiger partial charge is 0.389 e. The summed E-state index contributed by atoms with van der Waals surface area (Å²) in [5, 5.41) is 1.10. The number of aromatic nitrogens is 1. The molecule has 0 saturated carbocycles. The number of rotatable bonds is 2. The molecule has 2 nitrogen and oxygen atoms in total. The van der Waals surface area contributed by atoms with Crippen molar-refractivity contribution in [2.75, 3.05) is 0 Å². The molecule has 0 atom stereocenters. The minimum atomic E-state index is 0.433. The zero-order valence-electron chi connectivity index (χ0n) is 12.4. The number of aromatic amines is 1. The molecule has 3 N–H and O–H groups in total. The van der Waals surface area contributed by atoms with Crippen molar-refractivity contribution in [2.45, 2.75) is 20.8 Å². The number of thiocarbonyl (C=S) groups is 1. The fourth-order valence-electron chi connectivity index (χ4n) is 2.77. The number of fused-ring (bicyclic) bond motifs is 1. The molecule has 2 aromatic carbocycles. The van der Waals surface area contributed by atoms with Crippen LogP contribution in [0.2, 0.25) is 0 Å². The molecule has 106 valence electrons. The SMILES string of the molecule is Cc1ccc(C)c(-c2[nH]c3ccc(C)cc3c2C(N)=S)c1. The summed E-state index contributed by atoms with van der Waals surface area (Å²) in [6.07, 6.45) is 0. The number of H-pyrrole nitrogens is 1. The molecule has 0 unspecified atom stereocenters. The van der Waals surface area contributed by atoms with Gasteiger partial charge in [0.2, 0.25) is 0 Å². The van der Waals surface area contributed by atoms with Crippen molar-refractivity contribution in [3.8, 4) is 11.3 Å². The summed E-state index contributed by atoms with van der Waals surface area (Å²) in [5.41, 5.74) is 13.8. The second kappa shape index (κ2) is 5.01. The molecular weight excluding hydrogens is 276 g/mol. The summed E-state index contributed by atoms with van der Waals surface area (Å²) >= 11 is 5.31. The van der Waals surface area contributed by atoms with Gasteiger partial charge in [-0.1, -0.05) is 41.5 Å². The molecule has 21 heavy (non-hydrogen) atoms. The molecule has 3 rings (SSSR count). The first-order valence-electron chi connectivity index (χ1n) is 6.97. The Balaban J connectivity index is 2.39. The summed E-state index contributed by atoms with van der Waals surface area (Å²) in [5.74, 6) is 0. The Morgan fingerprint density at radius 2 is 1.67 bits per heavy atom. The van der Waals surface area contributed by atoms with E-state index >= 15 is 0 Å². The lowest BCUT2D eigenvalue weighted by Gasteiger charge is -2.08. The summed E-state index contributed by atoms with van der Waals surface area (Å²) in [6.45, 7) is 6.28. The molecule has 3 heteroatoms. The van der Waals surface area contributed by atoms with Gasteiger partial charge in [-0.2, -0.15) is 0 Å². The molecule has 0 radical (unpaired) electrons. The normalized spacial score (nSPS) is 11.0. The monoisotopic (exact) mass is 294 g/mol. The Hall–Kier alpha value is -2.13. The van der Waals surface area contributed by atoms with E-state index in [0.717, 1.165) is 27.7 Å². The lowest BCUT2D eigenvalue weighted by atomic mass is 9.99. The zero-order valence-corrected chi connectivity index (χ0v) is 13.3. The van der Waals surface area contributed by atoms with Crippen molar-refractivity contribution in [1.29, 1.82) is 0 Å². The van der Waals surface area contributed by atoms with E-state index in [-0.39, 0.29) is 0 Å². The van der Waals surface area contributed by atoms with Gasteiger partial charge in [0.05, 0.1) is 5.69 Å². The predicted octanol–water partition coefficient (Wildman–Crippen LogP) is 4.39. The highest BCUT2D eigenvalue weighted by Crippen LogP contribution is 2.33. The average Bonchev–Trinajstić information content (AvgIpc) is 2.79. The molecule has 0 aliphatic carbocycles. The summed E-state index contributed by atoms with van der Waals surface area (Å²) in [6, 6.07) is 12.7. The van der Waals surface area contributed by atoms with Crippen molar-refractivity contribution in [1.82, 2.24) is 4.98 Å². The van der Waals surface area contributed by atoms with Gasteiger partial charge in [0, 0.05) is 22.0 Å². The maximum atomic E-state index is 6.01. The van der Waals surface area contributed by atoms with Gasteiger partial charge in [-0.05, 0) is 44.5 Å². The van der Waals surface area contributed by atoms with E-state index in [9.17, 15) is 0 Å². The standard InChI is InChI=1S/C18H18N2S/c1-10-4-6-12(3)13(8-10)17-16(18(19)21)14-9-11(2)5-7-15(14)20-17/h4-9,20H,1-3H3,(H2,19,21). The summed E-state index contributed by atoms with van der Waals surface area (Å²) in [4.78, 5) is 3.92. The van der Waals surface area contributed by atoms with Crippen molar-refractivity contribution in [2.24, 2.45) is 5.73 Å². The average molecular weight is 294 g/mol. The molecule has 3 aromatic rings. The molecule has 0 fully saturated rings. The molecule has 1 heterocycles. The van der Waals surface area contributed by atoms with Crippen molar-refractivity contribution in [3.63, 3.8) is 0 Å². The lowest BCUT2D eigenvalue weighted by Crippen LogP contribution is -2.10. The molecular formula is C18H18N2S. The van der Waals surface area contributed by atoms with Crippen LogP contribution >= 0.6 is 12.2 Å². The van der Waals surface area contributed by atoms with Crippen LogP contribution in [0.15, 0.2) is 36.4 Å². The minimum Gasteiger partial charge on any atom is -0.389 e. The maximum absolute atomic E-state index is 6.01. The van der Waals surface area contributed by atoms with E-state index in [4.69, 9.17) is 18.0 Å². The fraction of sp³-hybridized carbons (Fsp3) is 0.167. The molecule has 0 spiro atoms. The third-order valence-electron chi connectivity index (χ3n) is 3.86. The van der Waals surface area contributed by atoms with Crippen LogP contribution in [0.5, 0.6) is 0 Å². The number of hydrogen-bond acceptors (Lipinski definition) is 1. The highest BCUT2D eigenvalue weighted by molar-refractivity contribution is 7.80. The quantitative estimate of drug-likeness (QED) is 0.688. The zero-order chi connectivity index (χ0) is 15.1. The topological polar surface area (TPSA) is 41.8 Å². The number of benzene rings is 2. The van der Waals surface area contributed by atoms with Gasteiger partial charge in [-0.25, -0.2) is 0 Å². The maximum Gasteiger partial charge on any atom is 0.106 e. The van der Waals surface area contributed by atoms with Crippen LogP contribution in [0.3, 0.4) is 0 Å². The van der Waals surface area contributed by atoms with Crippen LogP contribution in [-0.2, 0) is 0 Å². The molecule has 0 bridgehead atoms. The van der Waals surface area contributed by atoms with Crippen LogP contribution in [0.4, 0.5) is 0 Å². The van der Waals surface area contributed by atoms with E-state index in [1.807, 2.05) is 0 Å². The van der Waals surface area contributed by atoms with Crippen LogP contribution in [0.1, 0.15) is 22.3 Å². The van der Waals surface area contributed by atoms with Gasteiger partial charge in [0.25, 0.3) is 0 Å². The Morgan fingerprint density at radius 3 is 2.38 bits per heavy atom. The van der Waals surface area contributed by atoms with E-state index in [1.54, 1.807) is 0 Å². The number of nitrogens with two attached hydrogens (primary N) is 1. The Kier molecular flexibility index (Phi) is 3.30. The van der Waals surface area contributed by atoms with E-state index in [0.29, 0.717) is 4.99 Å². The highest BCUT2D eigenvalue weighted by Gasteiger charge is 2.16. The molecule has 0 saturated heterocycles. The third-order valence-corrected chi connectivity index (χ3v) is 4.07. The molecule has 0 aliphatic heterocycles. The Labute approximate surface area is 130 Å². The number of aryl methyl sites for hydroxylation is 3. The van der Waals surface area contributed by atoms with Gasteiger partial charge in [-0.15, -0.1) is 0 Å². The molecule has 0 amide bonds. The van der Waals surface area contributed by atoms with Crippen molar-refractivity contribution >= 4 is 28.1 Å². The van der Waals surface area contributed by atoms with Crippen LogP contribution in [-0.4, -0.2) is 9.97 Å². The van der Waals surface area contributed by atoms with E-state index in [2.05, 4.69) is 62.2 Å². The third kappa shape index (κ3) is 2.34. The Morgan fingerprint density at radius 1 is 1.00 bits per heavy atom. The van der Waals surface area contributed by atoms with Gasteiger partial charge >= 0.3 is 0 Å². The smallest absolute Gasteiger partial charge is 0.106 e. The van der Waals surface area contributed by atoms with Crippen molar-refractivity contribution < 1.29 is 0 Å². The first kappa shape index (κ1) is 13.8. The van der Waals surface area contributed by atoms with E-state index in [1.165, 1.54) is 16.7 Å². The Bertz CT molecular complexity index is 859. The first-order chi connectivity index (χ1) is 9.97. The van der Waals surface area contributed by atoms with Crippen molar-refractivity contribution in [3.05, 3.63) is 58.7 Å². The molecule has 0 aliphatic rings. The predicted molar refractivity (Wildman–Crippen MR) is 93.8 cm³/mol. The van der Waals surface area contributed by atoms with E-state index < -0.39 is 0 Å². The summed E-state index contributed by atoms with van der Waals surface area (Å²) in [7, 11) is 0. The number of nitrogens with one attached hydrogen (secondary N) is 1. The van der Waals surface area contributed by atoms with Crippen LogP contribution in [0, 0.1) is 20.8 Å². The van der Waals surface area contributed by atoms with Gasteiger partial charge < -0.3 is 10.7 Å².